The number of aromatic nitrogens is 4. The van der Waals surface area contributed by atoms with Crippen molar-refractivity contribution in [2.45, 2.75) is 19.8 Å². The average molecular weight is 380 g/mol. The Morgan fingerprint density at radius 1 is 1.19 bits per heavy atom. The first-order valence-corrected chi connectivity index (χ1v) is 9.00. The lowest BCUT2D eigenvalue weighted by molar-refractivity contribution is 0.102. The van der Waals surface area contributed by atoms with Gasteiger partial charge in [0.2, 0.25) is 5.95 Å². The van der Waals surface area contributed by atoms with Crippen LogP contribution in [0.5, 0.6) is 0 Å². The number of fused-ring (bicyclic) bond motifs is 1. The molecule has 1 amide bonds. The molecule has 7 heteroatoms. The van der Waals surface area contributed by atoms with E-state index in [4.69, 9.17) is 11.6 Å². The number of hydrogen-bond acceptors (Lipinski definition) is 3. The van der Waals surface area contributed by atoms with Gasteiger partial charge in [0.15, 0.2) is 0 Å². The fraction of sp³-hybridized carbons (Fsp3) is 0.150. The maximum Gasteiger partial charge on any atom is 0.261 e. The predicted molar refractivity (Wildman–Crippen MR) is 107 cm³/mol. The highest BCUT2D eigenvalue weighted by Crippen LogP contribution is 2.25. The highest BCUT2D eigenvalue weighted by Gasteiger charge is 2.21. The van der Waals surface area contributed by atoms with Gasteiger partial charge in [-0.25, -0.2) is 9.67 Å². The molecule has 2 N–H and O–H groups in total. The van der Waals surface area contributed by atoms with Crippen LogP contribution >= 0.6 is 11.6 Å². The quantitative estimate of drug-likeness (QED) is 0.535. The summed E-state index contributed by atoms with van der Waals surface area (Å²) < 4.78 is 1.75. The smallest absolute Gasteiger partial charge is 0.261 e. The fourth-order valence-corrected chi connectivity index (χ4v) is 3.27. The van der Waals surface area contributed by atoms with E-state index >= 15 is 0 Å². The second-order valence-corrected chi connectivity index (χ2v) is 6.98. The molecule has 0 bridgehead atoms. The number of nitrogens with one attached hydrogen (secondary N) is 2. The van der Waals surface area contributed by atoms with Crippen LogP contribution in [0.15, 0.2) is 54.7 Å². The molecule has 6 nitrogen and oxygen atoms in total. The number of nitrogens with zero attached hydrogens (tertiary/aromatic N) is 3. The van der Waals surface area contributed by atoms with Gasteiger partial charge in [0.05, 0.1) is 34.2 Å². The number of imidazole rings is 1. The predicted octanol–water partition coefficient (Wildman–Crippen LogP) is 4.78. The number of aromatic amines is 1. The molecule has 136 valence electrons. The molecule has 2 aromatic heterocycles. The van der Waals surface area contributed by atoms with Crippen LogP contribution in [0, 0.1) is 0 Å². The average Bonchev–Trinajstić information content (AvgIpc) is 3.25. The van der Waals surface area contributed by atoms with Gasteiger partial charge in [-0.05, 0) is 36.2 Å². The Labute approximate surface area is 161 Å². The molecule has 0 aliphatic rings. The van der Waals surface area contributed by atoms with Crippen LogP contribution in [-0.4, -0.2) is 25.7 Å². The fourth-order valence-electron chi connectivity index (χ4n) is 3.09. The normalized spacial score (nSPS) is 11.3. The molecule has 27 heavy (non-hydrogen) atoms. The maximum absolute atomic E-state index is 12.9. The lowest BCUT2D eigenvalue weighted by atomic mass is 10.1. The van der Waals surface area contributed by atoms with Crippen LogP contribution in [-0.2, 0) is 0 Å². The number of H-pyrrole nitrogens is 1. The third-order valence-electron chi connectivity index (χ3n) is 4.27. The Bertz CT molecular complexity index is 1100. The minimum atomic E-state index is -0.258. The zero-order valence-corrected chi connectivity index (χ0v) is 15.7. The summed E-state index contributed by atoms with van der Waals surface area (Å²) in [5.74, 6) is 0.236. The van der Waals surface area contributed by atoms with Gasteiger partial charge >= 0.3 is 0 Å². The molecule has 0 radical (unpaired) electrons. The summed E-state index contributed by atoms with van der Waals surface area (Å²) in [5.41, 5.74) is 3.79. The van der Waals surface area contributed by atoms with Crippen LogP contribution < -0.4 is 5.32 Å². The van der Waals surface area contributed by atoms with E-state index in [-0.39, 0.29) is 11.8 Å². The van der Waals surface area contributed by atoms with Crippen molar-refractivity contribution < 1.29 is 4.79 Å². The molecular formula is C20H18ClN5O. The van der Waals surface area contributed by atoms with Gasteiger partial charge in [0, 0.05) is 5.02 Å². The zero-order chi connectivity index (χ0) is 19.0. The molecule has 2 heterocycles. The molecule has 0 aliphatic carbocycles. The van der Waals surface area contributed by atoms with Gasteiger partial charge < -0.3 is 4.98 Å². The van der Waals surface area contributed by atoms with Crippen molar-refractivity contribution in [2.75, 3.05) is 5.32 Å². The highest BCUT2D eigenvalue weighted by atomic mass is 35.5. The van der Waals surface area contributed by atoms with Crippen LogP contribution in [0.2, 0.25) is 5.02 Å². The van der Waals surface area contributed by atoms with E-state index in [9.17, 15) is 4.79 Å². The van der Waals surface area contributed by atoms with Gasteiger partial charge in [0.25, 0.3) is 5.91 Å². The number of benzene rings is 2. The van der Waals surface area contributed by atoms with Gasteiger partial charge in [-0.15, -0.1) is 0 Å². The summed E-state index contributed by atoms with van der Waals surface area (Å²) >= 11 is 6.11. The van der Waals surface area contributed by atoms with Crippen molar-refractivity contribution in [3.63, 3.8) is 0 Å². The Morgan fingerprint density at radius 3 is 2.74 bits per heavy atom. The number of para-hydroxylation sites is 2. The summed E-state index contributed by atoms with van der Waals surface area (Å²) in [6.45, 7) is 4.05. The molecule has 2 aromatic carbocycles. The van der Waals surface area contributed by atoms with E-state index in [1.54, 1.807) is 16.9 Å². The van der Waals surface area contributed by atoms with Crippen molar-refractivity contribution in [3.8, 4) is 5.69 Å². The number of amides is 1. The number of carbonyl (C=O) groups is 1. The number of halogens is 1. The van der Waals surface area contributed by atoms with E-state index in [2.05, 4.69) is 20.4 Å². The second kappa shape index (κ2) is 6.89. The largest absolute Gasteiger partial charge is 0.324 e. The number of carbonyl (C=O) groups excluding carboxylic acids is 1. The maximum atomic E-state index is 12.9. The Morgan fingerprint density at radius 2 is 2.00 bits per heavy atom. The summed E-state index contributed by atoms with van der Waals surface area (Å²) in [5, 5.41) is 7.87. The Balaban J connectivity index is 1.69. The molecule has 0 atom stereocenters. The molecule has 4 rings (SSSR count). The minimum Gasteiger partial charge on any atom is -0.324 e. The van der Waals surface area contributed by atoms with Crippen molar-refractivity contribution in [1.29, 1.82) is 0 Å². The third kappa shape index (κ3) is 3.31. The SMILES string of the molecule is CC(C)c1c(C(=O)Nc2nc3ccccc3[nH]2)cnn1-c1cccc(Cl)c1. The lowest BCUT2D eigenvalue weighted by Crippen LogP contribution is -2.16. The molecule has 0 spiro atoms. The molecule has 0 saturated heterocycles. The first-order valence-electron chi connectivity index (χ1n) is 8.63. The van der Waals surface area contributed by atoms with E-state index < -0.39 is 0 Å². The van der Waals surface area contributed by atoms with Gasteiger partial charge in [-0.1, -0.05) is 43.6 Å². The van der Waals surface area contributed by atoms with Crippen LogP contribution in [0.4, 0.5) is 5.95 Å². The molecule has 0 fully saturated rings. The first-order chi connectivity index (χ1) is 13.0. The van der Waals surface area contributed by atoms with E-state index in [1.807, 2.05) is 56.3 Å². The topological polar surface area (TPSA) is 75.6 Å². The molecule has 4 aromatic rings. The Kier molecular flexibility index (Phi) is 4.41. The summed E-state index contributed by atoms with van der Waals surface area (Å²) in [6.07, 6.45) is 1.58. The van der Waals surface area contributed by atoms with Crippen LogP contribution in [0.1, 0.15) is 35.8 Å². The molecular weight excluding hydrogens is 362 g/mol. The number of hydrogen-bond donors (Lipinski definition) is 2. The van der Waals surface area contributed by atoms with E-state index in [0.29, 0.717) is 16.5 Å². The van der Waals surface area contributed by atoms with Crippen LogP contribution in [0.25, 0.3) is 16.7 Å². The van der Waals surface area contributed by atoms with Crippen molar-refractivity contribution in [3.05, 3.63) is 71.0 Å². The molecule has 0 aliphatic heterocycles. The van der Waals surface area contributed by atoms with Gasteiger partial charge in [-0.2, -0.15) is 5.10 Å². The zero-order valence-electron chi connectivity index (χ0n) is 14.9. The number of rotatable bonds is 4. The molecule has 0 saturated carbocycles. The van der Waals surface area contributed by atoms with E-state index in [1.165, 1.54) is 0 Å². The Hall–Kier alpha value is -3.12. The van der Waals surface area contributed by atoms with E-state index in [0.717, 1.165) is 22.4 Å². The lowest BCUT2D eigenvalue weighted by Gasteiger charge is -2.12. The monoisotopic (exact) mass is 379 g/mol. The molecule has 0 unspecified atom stereocenters. The van der Waals surface area contributed by atoms with Gasteiger partial charge in [-0.3, -0.25) is 10.1 Å². The summed E-state index contributed by atoms with van der Waals surface area (Å²) in [6, 6.07) is 15.0. The van der Waals surface area contributed by atoms with Gasteiger partial charge in [0.1, 0.15) is 0 Å². The second-order valence-electron chi connectivity index (χ2n) is 6.55. The van der Waals surface area contributed by atoms with Crippen molar-refractivity contribution in [2.24, 2.45) is 0 Å². The van der Waals surface area contributed by atoms with Crippen molar-refractivity contribution in [1.82, 2.24) is 19.7 Å². The standard InChI is InChI=1S/C20H18ClN5O/c1-12(2)18-15(11-22-26(18)14-7-5-6-13(21)10-14)19(27)25-20-23-16-8-3-4-9-17(16)24-20/h3-12H,1-2H3,(H2,23,24,25,27). The summed E-state index contributed by atoms with van der Waals surface area (Å²) in [7, 11) is 0. The summed E-state index contributed by atoms with van der Waals surface area (Å²) in [4.78, 5) is 20.4. The third-order valence-corrected chi connectivity index (χ3v) is 4.51. The first kappa shape index (κ1) is 17.3. The van der Waals surface area contributed by atoms with Crippen LogP contribution in [0.3, 0.4) is 0 Å². The number of anilines is 1. The minimum absolute atomic E-state index is 0.0860. The highest BCUT2D eigenvalue weighted by molar-refractivity contribution is 6.30. The van der Waals surface area contributed by atoms with Crippen molar-refractivity contribution >= 4 is 34.5 Å².